The molecule has 384 valence electrons. The molecule has 1 heterocycles. The lowest BCUT2D eigenvalue weighted by Crippen LogP contribution is -2.39. The van der Waals surface area contributed by atoms with Crippen LogP contribution in [0.2, 0.25) is 0 Å². The van der Waals surface area contributed by atoms with Crippen molar-refractivity contribution in [1.29, 1.82) is 0 Å². The normalized spacial score (nSPS) is 12.1. The van der Waals surface area contributed by atoms with Gasteiger partial charge in [-0.15, -0.1) is 0 Å². The zero-order chi connectivity index (χ0) is 49.6. The third-order valence-electron chi connectivity index (χ3n) is 12.2. The van der Waals surface area contributed by atoms with Crippen LogP contribution in [0, 0.1) is 16.7 Å². The number of ether oxygens (including phenoxy) is 2. The van der Waals surface area contributed by atoms with Crippen LogP contribution in [0.25, 0.3) is 0 Å². The van der Waals surface area contributed by atoms with E-state index in [9.17, 15) is 33.6 Å². The van der Waals surface area contributed by atoms with Crippen LogP contribution >= 0.6 is 0 Å². The van der Waals surface area contributed by atoms with Gasteiger partial charge in [-0.2, -0.15) is 0 Å². The Balaban J connectivity index is 2.12. The first-order valence-electron chi connectivity index (χ1n) is 25.5. The molecule has 7 N–H and O–H groups in total. The Labute approximate surface area is 402 Å². The van der Waals surface area contributed by atoms with Gasteiger partial charge in [-0.25, -0.2) is 4.98 Å². The number of aromatic nitrogens is 2. The zero-order valence-electron chi connectivity index (χ0n) is 41.9. The standard InChI is InChI=1S/C51H90N6O10/c1-50(2,36-43(58)27-26-42-38-53-40-57-42)45(60)37-51(3,4)44(59)35-41(23-19-20-28-52)49(65)56-31-32-66-33-34-67-39-47(62)55-30-22-21-29-54-46(61)24-17-15-13-11-9-7-5-6-8-10-12-14-16-18-25-48(63)64/h38,40-41H,5-37,39,52H2,1-4H3,(H,53,57)(H,54,61)(H,55,62)(H,56,65)(H,63,64)/t41-/m1/s1. The highest BCUT2D eigenvalue weighted by Crippen LogP contribution is 2.33. The van der Waals surface area contributed by atoms with Crippen molar-refractivity contribution in [2.75, 3.05) is 52.6 Å². The number of H-pyrrole nitrogens is 1. The van der Waals surface area contributed by atoms with E-state index in [0.717, 1.165) is 63.5 Å². The smallest absolute Gasteiger partial charge is 0.303 e. The molecule has 1 aromatic rings. The van der Waals surface area contributed by atoms with Crippen LogP contribution < -0.4 is 21.7 Å². The molecule has 0 bridgehead atoms. The van der Waals surface area contributed by atoms with Crippen LogP contribution in [0.4, 0.5) is 0 Å². The summed E-state index contributed by atoms with van der Waals surface area (Å²) in [6, 6.07) is 0. The fourth-order valence-electron chi connectivity index (χ4n) is 7.78. The number of aryl methyl sites for hydroxylation is 1. The van der Waals surface area contributed by atoms with Gasteiger partial charge in [0.1, 0.15) is 24.0 Å². The summed E-state index contributed by atoms with van der Waals surface area (Å²) in [6.07, 6.45) is 24.4. The maximum Gasteiger partial charge on any atom is 0.303 e. The molecule has 0 aliphatic carbocycles. The minimum absolute atomic E-state index is 0.0138. The van der Waals surface area contributed by atoms with Crippen molar-refractivity contribution in [3.63, 3.8) is 0 Å². The highest BCUT2D eigenvalue weighted by atomic mass is 16.5. The lowest BCUT2D eigenvalue weighted by atomic mass is 9.72. The Morgan fingerprint density at radius 3 is 1.75 bits per heavy atom. The third-order valence-corrected chi connectivity index (χ3v) is 12.2. The fourth-order valence-corrected chi connectivity index (χ4v) is 7.78. The van der Waals surface area contributed by atoms with E-state index in [4.69, 9.17) is 20.3 Å². The number of imidazole rings is 1. The Kier molecular flexibility index (Phi) is 34.5. The van der Waals surface area contributed by atoms with E-state index in [1.807, 2.05) is 0 Å². The molecule has 16 heteroatoms. The maximum atomic E-state index is 13.6. The van der Waals surface area contributed by atoms with Crippen LogP contribution in [-0.4, -0.2) is 109 Å². The number of aliphatic carboxylic acids is 1. The molecule has 67 heavy (non-hydrogen) atoms. The summed E-state index contributed by atoms with van der Waals surface area (Å²) in [5.74, 6) is -2.08. The average molecular weight is 947 g/mol. The number of hydrogen-bond acceptors (Lipinski definition) is 11. The van der Waals surface area contributed by atoms with Crippen LogP contribution in [0.3, 0.4) is 0 Å². The molecule has 0 unspecified atom stereocenters. The number of ketones is 3. The molecule has 16 nitrogen and oxygen atoms in total. The van der Waals surface area contributed by atoms with Crippen molar-refractivity contribution in [3.8, 4) is 0 Å². The largest absolute Gasteiger partial charge is 0.481 e. The number of aromatic amines is 1. The van der Waals surface area contributed by atoms with Crippen LogP contribution in [-0.2, 0) is 49.5 Å². The minimum atomic E-state index is -1.02. The first-order chi connectivity index (χ1) is 32.1. The van der Waals surface area contributed by atoms with Gasteiger partial charge in [0, 0.05) is 86.8 Å². The summed E-state index contributed by atoms with van der Waals surface area (Å²) in [5.41, 5.74) is 4.60. The summed E-state index contributed by atoms with van der Waals surface area (Å²) < 4.78 is 11.0. The van der Waals surface area contributed by atoms with Crippen LogP contribution in [0.15, 0.2) is 12.5 Å². The lowest BCUT2D eigenvalue weighted by Gasteiger charge is -2.30. The quantitative estimate of drug-likeness (QED) is 0.0348. The SMILES string of the molecule is CC(C)(CC(=O)CCc1cnc[nH]1)C(=O)CC(C)(C)C(=O)C[C@@H](CCCCN)C(=O)NCCOCCOCC(=O)NCCCCNC(=O)CCCCCCCCCCCCCCCCC(=O)O. The number of hydrogen-bond donors (Lipinski definition) is 6. The third kappa shape index (κ3) is 33.2. The number of nitrogens with two attached hydrogens (primary N) is 1. The van der Waals surface area contributed by atoms with Gasteiger partial charge in [0.05, 0.1) is 26.1 Å². The van der Waals surface area contributed by atoms with E-state index in [1.54, 1.807) is 40.2 Å². The summed E-state index contributed by atoms with van der Waals surface area (Å²) in [7, 11) is 0. The van der Waals surface area contributed by atoms with Gasteiger partial charge in [-0.1, -0.05) is 111 Å². The average Bonchev–Trinajstić information content (AvgIpc) is 3.80. The lowest BCUT2D eigenvalue weighted by molar-refractivity contribution is -0.139. The number of amides is 3. The number of unbranched alkanes of at least 4 members (excludes halogenated alkanes) is 15. The molecule has 1 rings (SSSR count). The monoisotopic (exact) mass is 947 g/mol. The van der Waals surface area contributed by atoms with Gasteiger partial charge in [-0.3, -0.25) is 33.6 Å². The predicted octanol–water partition coefficient (Wildman–Crippen LogP) is 7.51. The number of carboxylic acids is 1. The Hall–Kier alpha value is -4.02. The van der Waals surface area contributed by atoms with Crippen LogP contribution in [0.5, 0.6) is 0 Å². The van der Waals surface area contributed by atoms with Crippen molar-refractivity contribution in [2.45, 2.75) is 195 Å². The van der Waals surface area contributed by atoms with Crippen molar-refractivity contribution >= 4 is 41.0 Å². The summed E-state index contributed by atoms with van der Waals surface area (Å²) >= 11 is 0. The number of carboxylic acid groups (broad SMARTS) is 1. The summed E-state index contributed by atoms with van der Waals surface area (Å²) in [4.78, 5) is 94.6. The Morgan fingerprint density at radius 2 is 1.18 bits per heavy atom. The van der Waals surface area contributed by atoms with Gasteiger partial charge >= 0.3 is 5.97 Å². The minimum Gasteiger partial charge on any atom is -0.481 e. The first-order valence-corrected chi connectivity index (χ1v) is 25.5. The fraction of sp³-hybridized carbons (Fsp3) is 0.804. The van der Waals surface area contributed by atoms with Crippen molar-refractivity contribution in [3.05, 3.63) is 18.2 Å². The predicted molar refractivity (Wildman–Crippen MR) is 261 cm³/mol. The topological polar surface area (TPSA) is 249 Å². The highest BCUT2D eigenvalue weighted by molar-refractivity contribution is 5.96. The van der Waals surface area contributed by atoms with Crippen molar-refractivity contribution in [1.82, 2.24) is 25.9 Å². The van der Waals surface area contributed by atoms with Gasteiger partial charge < -0.3 is 41.2 Å². The van der Waals surface area contributed by atoms with Crippen molar-refractivity contribution in [2.24, 2.45) is 22.5 Å². The molecule has 1 aromatic heterocycles. The second kappa shape index (κ2) is 37.9. The first kappa shape index (κ1) is 61.0. The summed E-state index contributed by atoms with van der Waals surface area (Å²) in [5, 5.41) is 17.3. The van der Waals surface area contributed by atoms with Gasteiger partial charge in [0.15, 0.2) is 0 Å². The van der Waals surface area contributed by atoms with Gasteiger partial charge in [-0.05, 0) is 51.5 Å². The molecule has 0 fully saturated rings. The molecular formula is C51H90N6O10. The second-order valence-electron chi connectivity index (χ2n) is 19.5. The highest BCUT2D eigenvalue weighted by Gasteiger charge is 2.38. The van der Waals surface area contributed by atoms with E-state index in [2.05, 4.69) is 25.9 Å². The number of carbonyl (C=O) groups is 7. The molecule has 3 amide bonds. The molecule has 0 radical (unpaired) electrons. The molecule has 1 atom stereocenters. The zero-order valence-corrected chi connectivity index (χ0v) is 41.9. The van der Waals surface area contributed by atoms with E-state index in [0.29, 0.717) is 51.7 Å². The van der Waals surface area contributed by atoms with Gasteiger partial charge in [0.25, 0.3) is 0 Å². The number of nitrogens with one attached hydrogen (secondary N) is 4. The number of carbonyl (C=O) groups excluding carboxylic acids is 6. The molecule has 0 aliphatic heterocycles. The van der Waals surface area contributed by atoms with E-state index in [1.165, 1.54) is 51.4 Å². The Bertz CT molecular complexity index is 1530. The van der Waals surface area contributed by atoms with E-state index >= 15 is 0 Å². The molecule has 0 spiro atoms. The maximum absolute atomic E-state index is 13.6. The number of Topliss-reactive ketones (excluding diaryl/α,β-unsaturated/α-hetero) is 3. The second-order valence-corrected chi connectivity index (χ2v) is 19.5. The van der Waals surface area contributed by atoms with Crippen LogP contribution in [0.1, 0.15) is 194 Å². The van der Waals surface area contributed by atoms with Gasteiger partial charge in [0.2, 0.25) is 17.7 Å². The number of rotatable bonds is 46. The molecule has 0 saturated carbocycles. The van der Waals surface area contributed by atoms with E-state index in [-0.39, 0.29) is 93.7 Å². The molecule has 0 aromatic carbocycles. The summed E-state index contributed by atoms with van der Waals surface area (Å²) in [6.45, 7) is 9.27. The molecular weight excluding hydrogens is 857 g/mol. The van der Waals surface area contributed by atoms with E-state index < -0.39 is 22.7 Å². The van der Waals surface area contributed by atoms with Crippen molar-refractivity contribution < 1.29 is 48.1 Å². The molecule has 0 saturated heterocycles. The number of nitrogens with zero attached hydrogens (tertiary/aromatic N) is 1. The molecule has 0 aliphatic rings. The Morgan fingerprint density at radius 1 is 0.627 bits per heavy atom.